The van der Waals surface area contributed by atoms with Crippen molar-refractivity contribution in [3.8, 4) is 11.3 Å². The van der Waals surface area contributed by atoms with Crippen molar-refractivity contribution in [1.82, 2.24) is 20.4 Å². The molecule has 0 aliphatic rings. The maximum absolute atomic E-state index is 12.1. The van der Waals surface area contributed by atoms with Crippen LogP contribution in [0.4, 0.5) is 0 Å². The zero-order chi connectivity index (χ0) is 16.9. The Labute approximate surface area is 139 Å². The molecule has 0 radical (unpaired) electrons. The summed E-state index contributed by atoms with van der Waals surface area (Å²) in [5, 5.41) is 6.75. The van der Waals surface area contributed by atoms with Gasteiger partial charge in [-0.15, -0.1) is 0 Å². The Kier molecular flexibility index (Phi) is 4.65. The van der Waals surface area contributed by atoms with Crippen LogP contribution in [0, 0.1) is 13.8 Å². The number of aryl methyl sites for hydroxylation is 2. The van der Waals surface area contributed by atoms with E-state index in [0.29, 0.717) is 12.3 Å². The van der Waals surface area contributed by atoms with E-state index in [1.54, 1.807) is 18.6 Å². The number of rotatable bonds is 5. The second kappa shape index (κ2) is 7.04. The Morgan fingerprint density at radius 1 is 1.21 bits per heavy atom. The van der Waals surface area contributed by atoms with Crippen LogP contribution in [-0.2, 0) is 17.8 Å². The number of nitrogens with zero attached hydrogens (tertiary/aromatic N) is 3. The van der Waals surface area contributed by atoms with Gasteiger partial charge in [0.2, 0.25) is 5.91 Å². The minimum Gasteiger partial charge on any atom is -0.361 e. The van der Waals surface area contributed by atoms with Gasteiger partial charge in [0, 0.05) is 36.3 Å². The molecular weight excluding hydrogens is 304 g/mol. The number of aromatic nitrogens is 3. The fourth-order valence-corrected chi connectivity index (χ4v) is 2.39. The van der Waals surface area contributed by atoms with Gasteiger partial charge >= 0.3 is 0 Å². The fraction of sp³-hybridized carbons (Fsp3) is 0.222. The van der Waals surface area contributed by atoms with Gasteiger partial charge in [0.25, 0.3) is 0 Å². The molecule has 0 saturated carbocycles. The van der Waals surface area contributed by atoms with Crippen molar-refractivity contribution in [2.45, 2.75) is 26.8 Å². The molecule has 122 valence electrons. The fourth-order valence-electron chi connectivity index (χ4n) is 2.39. The Morgan fingerprint density at radius 3 is 2.71 bits per heavy atom. The van der Waals surface area contributed by atoms with Crippen molar-refractivity contribution in [3.63, 3.8) is 0 Å². The molecular formula is C18H18N4O2. The van der Waals surface area contributed by atoms with Crippen LogP contribution in [0.3, 0.4) is 0 Å². The van der Waals surface area contributed by atoms with E-state index in [2.05, 4.69) is 20.4 Å². The predicted molar refractivity (Wildman–Crippen MR) is 89.0 cm³/mol. The molecule has 3 heterocycles. The lowest BCUT2D eigenvalue weighted by molar-refractivity contribution is -0.120. The molecule has 0 aliphatic heterocycles. The maximum Gasteiger partial charge on any atom is 0.224 e. The highest BCUT2D eigenvalue weighted by Crippen LogP contribution is 2.15. The van der Waals surface area contributed by atoms with Gasteiger partial charge in [-0.2, -0.15) is 0 Å². The third-order valence-corrected chi connectivity index (χ3v) is 3.79. The molecule has 6 nitrogen and oxygen atoms in total. The predicted octanol–water partition coefficient (Wildman–Crippen LogP) is 2.61. The highest BCUT2D eigenvalue weighted by atomic mass is 16.5. The Balaban J connectivity index is 1.58. The number of amides is 1. The van der Waals surface area contributed by atoms with Crippen molar-refractivity contribution in [1.29, 1.82) is 0 Å². The Morgan fingerprint density at radius 2 is 2.08 bits per heavy atom. The van der Waals surface area contributed by atoms with Gasteiger partial charge in [0.15, 0.2) is 0 Å². The van der Waals surface area contributed by atoms with Crippen molar-refractivity contribution in [2.75, 3.05) is 0 Å². The SMILES string of the molecule is Cc1noc(C)c1CC(=O)NCc1ccc(-c2cccnc2)nc1. The quantitative estimate of drug-likeness (QED) is 0.781. The first-order valence-electron chi connectivity index (χ1n) is 7.67. The van der Waals surface area contributed by atoms with E-state index < -0.39 is 0 Å². The van der Waals surface area contributed by atoms with Crippen LogP contribution in [0.2, 0.25) is 0 Å². The number of hydrogen-bond acceptors (Lipinski definition) is 5. The molecule has 3 aromatic rings. The van der Waals surface area contributed by atoms with Crippen LogP contribution < -0.4 is 5.32 Å². The number of carbonyl (C=O) groups excluding carboxylic acids is 1. The van der Waals surface area contributed by atoms with Gasteiger partial charge in [-0.05, 0) is 37.6 Å². The third-order valence-electron chi connectivity index (χ3n) is 3.79. The first kappa shape index (κ1) is 15.9. The molecule has 0 bridgehead atoms. The van der Waals surface area contributed by atoms with Gasteiger partial charge < -0.3 is 9.84 Å². The lowest BCUT2D eigenvalue weighted by Crippen LogP contribution is -2.25. The van der Waals surface area contributed by atoms with E-state index in [-0.39, 0.29) is 12.3 Å². The van der Waals surface area contributed by atoms with Gasteiger partial charge in [0.05, 0.1) is 17.8 Å². The van der Waals surface area contributed by atoms with Crippen LogP contribution in [0.5, 0.6) is 0 Å². The summed E-state index contributed by atoms with van der Waals surface area (Å²) in [6, 6.07) is 7.71. The highest BCUT2D eigenvalue weighted by molar-refractivity contribution is 5.79. The van der Waals surface area contributed by atoms with Crippen LogP contribution in [-0.4, -0.2) is 21.0 Å². The zero-order valence-electron chi connectivity index (χ0n) is 13.6. The largest absolute Gasteiger partial charge is 0.361 e. The highest BCUT2D eigenvalue weighted by Gasteiger charge is 2.13. The minimum atomic E-state index is -0.0688. The third kappa shape index (κ3) is 3.65. The molecule has 0 fully saturated rings. The van der Waals surface area contributed by atoms with E-state index in [4.69, 9.17) is 4.52 Å². The van der Waals surface area contributed by atoms with E-state index >= 15 is 0 Å². The number of nitrogens with one attached hydrogen (secondary N) is 1. The molecule has 1 N–H and O–H groups in total. The molecule has 24 heavy (non-hydrogen) atoms. The minimum absolute atomic E-state index is 0.0688. The molecule has 3 aromatic heterocycles. The smallest absolute Gasteiger partial charge is 0.224 e. The Hall–Kier alpha value is -3.02. The molecule has 0 atom stereocenters. The van der Waals surface area contributed by atoms with Crippen molar-refractivity contribution < 1.29 is 9.32 Å². The van der Waals surface area contributed by atoms with Crippen molar-refractivity contribution in [2.24, 2.45) is 0 Å². The van der Waals surface area contributed by atoms with Crippen LogP contribution >= 0.6 is 0 Å². The molecule has 0 saturated heterocycles. The van der Waals surface area contributed by atoms with Crippen LogP contribution in [0.1, 0.15) is 22.6 Å². The molecule has 0 unspecified atom stereocenters. The number of pyridine rings is 2. The summed E-state index contributed by atoms with van der Waals surface area (Å²) in [7, 11) is 0. The summed E-state index contributed by atoms with van der Waals surface area (Å²) in [6.45, 7) is 4.08. The van der Waals surface area contributed by atoms with E-state index in [1.165, 1.54) is 0 Å². The summed E-state index contributed by atoms with van der Waals surface area (Å²) in [5.41, 5.74) is 4.36. The second-order valence-corrected chi connectivity index (χ2v) is 5.55. The summed E-state index contributed by atoms with van der Waals surface area (Å²) >= 11 is 0. The first-order valence-corrected chi connectivity index (χ1v) is 7.67. The summed E-state index contributed by atoms with van der Waals surface area (Å²) < 4.78 is 5.07. The van der Waals surface area contributed by atoms with Gasteiger partial charge in [-0.25, -0.2) is 0 Å². The maximum atomic E-state index is 12.1. The molecule has 0 aromatic carbocycles. The van der Waals surface area contributed by atoms with Crippen molar-refractivity contribution >= 4 is 5.91 Å². The molecule has 6 heteroatoms. The number of carbonyl (C=O) groups is 1. The number of hydrogen-bond donors (Lipinski definition) is 1. The monoisotopic (exact) mass is 322 g/mol. The average Bonchev–Trinajstić information content (AvgIpc) is 2.93. The summed E-state index contributed by atoms with van der Waals surface area (Å²) in [4.78, 5) is 20.6. The molecule has 0 spiro atoms. The molecule has 0 aliphatic carbocycles. The van der Waals surface area contributed by atoms with E-state index in [1.807, 2.05) is 38.1 Å². The topological polar surface area (TPSA) is 80.9 Å². The van der Waals surface area contributed by atoms with E-state index in [9.17, 15) is 4.79 Å². The molecule has 1 amide bonds. The zero-order valence-corrected chi connectivity index (χ0v) is 13.6. The average molecular weight is 322 g/mol. The summed E-state index contributed by atoms with van der Waals surface area (Å²) in [5.74, 6) is 0.617. The van der Waals surface area contributed by atoms with Crippen LogP contribution in [0.25, 0.3) is 11.3 Å². The van der Waals surface area contributed by atoms with E-state index in [0.717, 1.165) is 28.1 Å². The van der Waals surface area contributed by atoms with Gasteiger partial charge in [0.1, 0.15) is 5.76 Å². The van der Waals surface area contributed by atoms with Gasteiger partial charge in [-0.3, -0.25) is 14.8 Å². The van der Waals surface area contributed by atoms with Crippen LogP contribution in [0.15, 0.2) is 47.4 Å². The lowest BCUT2D eigenvalue weighted by Gasteiger charge is -2.06. The summed E-state index contributed by atoms with van der Waals surface area (Å²) in [6.07, 6.45) is 5.53. The lowest BCUT2D eigenvalue weighted by atomic mass is 10.1. The Bertz CT molecular complexity index is 806. The first-order chi connectivity index (χ1) is 11.6. The second-order valence-electron chi connectivity index (χ2n) is 5.55. The van der Waals surface area contributed by atoms with Gasteiger partial charge in [-0.1, -0.05) is 11.2 Å². The van der Waals surface area contributed by atoms with Crippen molar-refractivity contribution in [3.05, 3.63) is 65.4 Å². The normalized spacial score (nSPS) is 10.6. The molecule has 3 rings (SSSR count). The standard InChI is InChI=1S/C18H18N4O2/c1-12-16(13(2)24-22-12)8-18(23)21-10-14-5-6-17(20-9-14)15-4-3-7-19-11-15/h3-7,9,11H,8,10H2,1-2H3,(H,21,23).